The predicted molar refractivity (Wildman–Crippen MR) is 63.1 cm³/mol. The maximum absolute atomic E-state index is 11.4. The number of carbonyl (C=O) groups excluding carboxylic acids is 1. The van der Waals surface area contributed by atoms with E-state index in [0.717, 1.165) is 5.56 Å². The maximum atomic E-state index is 11.4. The van der Waals surface area contributed by atoms with Crippen LogP contribution in [0.2, 0.25) is 0 Å². The predicted octanol–water partition coefficient (Wildman–Crippen LogP) is 1.81. The molecule has 1 aromatic rings. The van der Waals surface area contributed by atoms with Crippen molar-refractivity contribution in [2.45, 2.75) is 26.7 Å². The highest BCUT2D eigenvalue weighted by Gasteiger charge is 2.10. The topological polar surface area (TPSA) is 86.6 Å². The van der Waals surface area contributed by atoms with E-state index in [9.17, 15) is 14.7 Å². The van der Waals surface area contributed by atoms with Crippen molar-refractivity contribution in [1.82, 2.24) is 0 Å². The SMILES string of the molecule is Cc1ccc(NC(=O)CCC(=O)O)c(C)c1O. The first-order valence-corrected chi connectivity index (χ1v) is 5.22. The van der Waals surface area contributed by atoms with Crippen LogP contribution in [0.4, 0.5) is 5.69 Å². The van der Waals surface area contributed by atoms with Gasteiger partial charge in [-0.15, -0.1) is 0 Å². The lowest BCUT2D eigenvalue weighted by Crippen LogP contribution is -2.14. The molecule has 0 spiro atoms. The summed E-state index contributed by atoms with van der Waals surface area (Å²) in [5, 5.41) is 20.7. The average molecular weight is 237 g/mol. The Kier molecular flexibility index (Phi) is 4.09. The van der Waals surface area contributed by atoms with Crippen molar-refractivity contribution in [3.8, 4) is 5.75 Å². The summed E-state index contributed by atoms with van der Waals surface area (Å²) in [5.74, 6) is -1.25. The maximum Gasteiger partial charge on any atom is 0.303 e. The number of carbonyl (C=O) groups is 2. The molecule has 92 valence electrons. The summed E-state index contributed by atoms with van der Waals surface area (Å²) in [4.78, 5) is 21.7. The molecule has 0 heterocycles. The van der Waals surface area contributed by atoms with Gasteiger partial charge in [0, 0.05) is 17.7 Å². The van der Waals surface area contributed by atoms with Crippen molar-refractivity contribution in [2.24, 2.45) is 0 Å². The number of aryl methyl sites for hydroxylation is 1. The number of carboxylic acids is 1. The van der Waals surface area contributed by atoms with Crippen LogP contribution in [-0.2, 0) is 9.59 Å². The van der Waals surface area contributed by atoms with E-state index in [1.165, 1.54) is 0 Å². The molecule has 1 rings (SSSR count). The summed E-state index contributed by atoms with van der Waals surface area (Å²) in [6, 6.07) is 3.37. The average Bonchev–Trinajstić information content (AvgIpc) is 2.27. The molecule has 0 aromatic heterocycles. The monoisotopic (exact) mass is 237 g/mol. The zero-order valence-corrected chi connectivity index (χ0v) is 9.78. The van der Waals surface area contributed by atoms with E-state index >= 15 is 0 Å². The second-order valence-electron chi connectivity index (χ2n) is 3.85. The van der Waals surface area contributed by atoms with Crippen molar-refractivity contribution < 1.29 is 19.8 Å². The first-order valence-electron chi connectivity index (χ1n) is 5.22. The van der Waals surface area contributed by atoms with Gasteiger partial charge in [0.05, 0.1) is 6.42 Å². The third kappa shape index (κ3) is 3.48. The molecule has 5 heteroatoms. The zero-order chi connectivity index (χ0) is 13.0. The van der Waals surface area contributed by atoms with Gasteiger partial charge in [0.1, 0.15) is 5.75 Å². The van der Waals surface area contributed by atoms with Crippen molar-refractivity contribution in [2.75, 3.05) is 5.32 Å². The van der Waals surface area contributed by atoms with Crippen LogP contribution >= 0.6 is 0 Å². The number of phenols is 1. The summed E-state index contributed by atoms with van der Waals surface area (Å²) in [6.07, 6.45) is -0.286. The van der Waals surface area contributed by atoms with Gasteiger partial charge in [-0.1, -0.05) is 6.07 Å². The molecule has 0 bridgehead atoms. The van der Waals surface area contributed by atoms with Gasteiger partial charge in [-0.2, -0.15) is 0 Å². The lowest BCUT2D eigenvalue weighted by Gasteiger charge is -2.10. The van der Waals surface area contributed by atoms with E-state index in [2.05, 4.69) is 5.32 Å². The molecule has 0 aliphatic heterocycles. The van der Waals surface area contributed by atoms with Crippen LogP contribution < -0.4 is 5.32 Å². The van der Waals surface area contributed by atoms with E-state index in [0.29, 0.717) is 11.3 Å². The standard InChI is InChI=1S/C12H15NO4/c1-7-3-4-9(8(2)12(7)17)13-10(14)5-6-11(15)16/h3-4,17H,5-6H2,1-2H3,(H,13,14)(H,15,16). The lowest BCUT2D eigenvalue weighted by molar-refractivity contribution is -0.138. The fourth-order valence-corrected chi connectivity index (χ4v) is 1.40. The van der Waals surface area contributed by atoms with Gasteiger partial charge in [-0.05, 0) is 25.5 Å². The van der Waals surface area contributed by atoms with Gasteiger partial charge < -0.3 is 15.5 Å². The van der Waals surface area contributed by atoms with Crippen LogP contribution in [0.3, 0.4) is 0 Å². The zero-order valence-electron chi connectivity index (χ0n) is 9.78. The fourth-order valence-electron chi connectivity index (χ4n) is 1.40. The number of benzene rings is 1. The number of anilines is 1. The highest BCUT2D eigenvalue weighted by molar-refractivity contribution is 5.93. The van der Waals surface area contributed by atoms with Crippen molar-refractivity contribution in [1.29, 1.82) is 0 Å². The number of aromatic hydroxyl groups is 1. The highest BCUT2D eigenvalue weighted by Crippen LogP contribution is 2.28. The molecule has 0 atom stereocenters. The molecular formula is C12H15NO4. The van der Waals surface area contributed by atoms with E-state index in [1.807, 2.05) is 0 Å². The Morgan fingerprint density at radius 3 is 2.47 bits per heavy atom. The first-order chi connectivity index (χ1) is 7.91. The van der Waals surface area contributed by atoms with Gasteiger partial charge >= 0.3 is 5.97 Å². The summed E-state index contributed by atoms with van der Waals surface area (Å²) in [6.45, 7) is 3.45. The largest absolute Gasteiger partial charge is 0.507 e. The molecule has 0 aliphatic carbocycles. The first kappa shape index (κ1) is 13.0. The molecule has 0 aliphatic rings. The molecule has 0 saturated carbocycles. The summed E-state index contributed by atoms with van der Waals surface area (Å²) >= 11 is 0. The lowest BCUT2D eigenvalue weighted by atomic mass is 10.1. The number of phenolic OH excluding ortho intramolecular Hbond substituents is 1. The molecule has 0 fully saturated rings. The van der Waals surface area contributed by atoms with Gasteiger partial charge in [0.15, 0.2) is 0 Å². The van der Waals surface area contributed by atoms with E-state index in [4.69, 9.17) is 5.11 Å². The number of aliphatic carboxylic acids is 1. The quantitative estimate of drug-likeness (QED) is 0.745. The minimum absolute atomic E-state index is 0.0799. The Hall–Kier alpha value is -2.04. The summed E-state index contributed by atoms with van der Waals surface area (Å²) in [7, 11) is 0. The number of amides is 1. The van der Waals surface area contributed by atoms with Gasteiger partial charge in [0.25, 0.3) is 0 Å². The number of rotatable bonds is 4. The van der Waals surface area contributed by atoms with Crippen LogP contribution in [0.5, 0.6) is 5.75 Å². The Bertz CT molecular complexity index is 454. The van der Waals surface area contributed by atoms with Crippen LogP contribution in [-0.4, -0.2) is 22.1 Å². The van der Waals surface area contributed by atoms with Crippen LogP contribution in [0, 0.1) is 13.8 Å². The number of carboxylic acid groups (broad SMARTS) is 1. The third-order valence-electron chi connectivity index (χ3n) is 2.47. The van der Waals surface area contributed by atoms with E-state index < -0.39 is 5.97 Å². The van der Waals surface area contributed by atoms with Crippen LogP contribution in [0.15, 0.2) is 12.1 Å². The smallest absolute Gasteiger partial charge is 0.303 e. The molecule has 1 amide bonds. The number of hydrogen-bond donors (Lipinski definition) is 3. The number of hydrogen-bond acceptors (Lipinski definition) is 3. The van der Waals surface area contributed by atoms with Crippen molar-refractivity contribution in [3.63, 3.8) is 0 Å². The fraction of sp³-hybridized carbons (Fsp3) is 0.333. The molecule has 0 radical (unpaired) electrons. The third-order valence-corrected chi connectivity index (χ3v) is 2.47. The van der Waals surface area contributed by atoms with Crippen molar-refractivity contribution in [3.05, 3.63) is 23.3 Å². The molecule has 0 saturated heterocycles. The number of nitrogens with one attached hydrogen (secondary N) is 1. The minimum Gasteiger partial charge on any atom is -0.507 e. The van der Waals surface area contributed by atoms with Gasteiger partial charge in [-0.25, -0.2) is 0 Å². The molecule has 17 heavy (non-hydrogen) atoms. The molecular weight excluding hydrogens is 222 g/mol. The van der Waals surface area contributed by atoms with E-state index in [1.54, 1.807) is 26.0 Å². The van der Waals surface area contributed by atoms with E-state index in [-0.39, 0.29) is 24.5 Å². The molecule has 0 unspecified atom stereocenters. The molecule has 5 nitrogen and oxygen atoms in total. The second-order valence-corrected chi connectivity index (χ2v) is 3.85. The summed E-state index contributed by atoms with van der Waals surface area (Å²) in [5.41, 5.74) is 1.81. The minimum atomic E-state index is -1.01. The van der Waals surface area contributed by atoms with Gasteiger partial charge in [-0.3, -0.25) is 9.59 Å². The van der Waals surface area contributed by atoms with Crippen LogP contribution in [0.1, 0.15) is 24.0 Å². The summed E-state index contributed by atoms with van der Waals surface area (Å²) < 4.78 is 0. The highest BCUT2D eigenvalue weighted by atomic mass is 16.4. The second kappa shape index (κ2) is 5.34. The Morgan fingerprint density at radius 2 is 1.88 bits per heavy atom. The van der Waals surface area contributed by atoms with Crippen molar-refractivity contribution >= 4 is 17.6 Å². The van der Waals surface area contributed by atoms with Crippen LogP contribution in [0.25, 0.3) is 0 Å². The Morgan fingerprint density at radius 1 is 1.24 bits per heavy atom. The van der Waals surface area contributed by atoms with Gasteiger partial charge in [0.2, 0.25) is 5.91 Å². The molecule has 3 N–H and O–H groups in total. The Labute approximate surface area is 99.1 Å². The Balaban J connectivity index is 2.72. The molecule has 1 aromatic carbocycles. The normalized spacial score (nSPS) is 10.0.